The van der Waals surface area contributed by atoms with Gasteiger partial charge in [-0.25, -0.2) is 0 Å². The van der Waals surface area contributed by atoms with Gasteiger partial charge in [0.05, 0.1) is 12.1 Å². The van der Waals surface area contributed by atoms with Gasteiger partial charge < -0.3 is 10.1 Å². The predicted octanol–water partition coefficient (Wildman–Crippen LogP) is 4.89. The molecule has 2 heterocycles. The minimum Gasteiger partial charge on any atom is -0.378 e. The summed E-state index contributed by atoms with van der Waals surface area (Å²) in [6.45, 7) is 0.817. The Balaban J connectivity index is 1.75. The summed E-state index contributed by atoms with van der Waals surface area (Å²) in [6, 6.07) is 17.1. The van der Waals surface area contributed by atoms with Crippen molar-refractivity contribution in [3.8, 4) is 5.40 Å². The standard InChI is InChI=1S/C19H18N2OS/c20-12-23-14-8-9-17-16(11-14)19-15(7-4-10-22-19)18(21-17)13-5-2-1-3-6-13/h1-3,5-6,8-9,11,15,18-19,21H,4,7,10H2. The second-order valence-electron chi connectivity index (χ2n) is 6.07. The van der Waals surface area contributed by atoms with E-state index in [1.54, 1.807) is 0 Å². The zero-order valence-electron chi connectivity index (χ0n) is 12.7. The number of thioether (sulfide) groups is 1. The number of nitrogens with zero attached hydrogens (tertiary/aromatic N) is 1. The van der Waals surface area contributed by atoms with E-state index in [1.807, 2.05) is 6.07 Å². The molecule has 2 aliphatic rings. The van der Waals surface area contributed by atoms with Crippen molar-refractivity contribution in [3.05, 3.63) is 59.7 Å². The Morgan fingerprint density at radius 2 is 2.04 bits per heavy atom. The predicted molar refractivity (Wildman–Crippen MR) is 92.1 cm³/mol. The summed E-state index contributed by atoms with van der Waals surface area (Å²) in [7, 11) is 0. The first-order valence-electron chi connectivity index (χ1n) is 8.00. The van der Waals surface area contributed by atoms with E-state index in [-0.39, 0.29) is 12.1 Å². The summed E-state index contributed by atoms with van der Waals surface area (Å²) >= 11 is 1.21. The van der Waals surface area contributed by atoms with E-state index in [2.05, 4.69) is 53.2 Å². The lowest BCUT2D eigenvalue weighted by molar-refractivity contribution is -0.0382. The highest BCUT2D eigenvalue weighted by Gasteiger charge is 2.39. The molecule has 1 N–H and O–H groups in total. The number of benzene rings is 2. The van der Waals surface area contributed by atoms with Gasteiger partial charge in [-0.2, -0.15) is 5.26 Å². The SMILES string of the molecule is N#CSc1ccc2c(c1)C1OCCCC1C(c1ccccc1)N2. The first-order chi connectivity index (χ1) is 11.4. The lowest BCUT2D eigenvalue weighted by Gasteiger charge is -2.43. The second-order valence-corrected chi connectivity index (χ2v) is 6.93. The van der Waals surface area contributed by atoms with Gasteiger partial charge in [-0.15, -0.1) is 0 Å². The number of thiocyanates is 1. The number of anilines is 1. The Kier molecular flexibility index (Phi) is 3.99. The lowest BCUT2D eigenvalue weighted by Crippen LogP contribution is -2.36. The zero-order valence-corrected chi connectivity index (χ0v) is 13.6. The molecule has 1 fully saturated rings. The molecule has 3 nitrogen and oxygen atoms in total. The highest BCUT2D eigenvalue weighted by atomic mass is 32.2. The highest BCUT2D eigenvalue weighted by Crippen LogP contribution is 2.49. The highest BCUT2D eigenvalue weighted by molar-refractivity contribution is 8.03. The molecule has 0 spiro atoms. The van der Waals surface area contributed by atoms with Crippen LogP contribution in [0.2, 0.25) is 0 Å². The third-order valence-corrected chi connectivity index (χ3v) is 5.34. The lowest BCUT2D eigenvalue weighted by atomic mass is 9.77. The molecular weight excluding hydrogens is 304 g/mol. The van der Waals surface area contributed by atoms with E-state index in [4.69, 9.17) is 10.00 Å². The van der Waals surface area contributed by atoms with Crippen LogP contribution < -0.4 is 5.32 Å². The average molecular weight is 322 g/mol. The van der Waals surface area contributed by atoms with Gasteiger partial charge in [0.1, 0.15) is 5.40 Å². The molecular formula is C19H18N2OS. The quantitative estimate of drug-likeness (QED) is 0.631. The summed E-state index contributed by atoms with van der Waals surface area (Å²) in [5.41, 5.74) is 3.64. The van der Waals surface area contributed by atoms with E-state index in [9.17, 15) is 0 Å². The minimum absolute atomic E-state index is 0.115. The summed E-state index contributed by atoms with van der Waals surface area (Å²) in [5, 5.41) is 14.8. The molecule has 0 bridgehead atoms. The van der Waals surface area contributed by atoms with Gasteiger partial charge in [-0.05, 0) is 48.4 Å². The minimum atomic E-state index is 0.115. The van der Waals surface area contributed by atoms with Crippen molar-refractivity contribution in [3.63, 3.8) is 0 Å². The Bertz CT molecular complexity index is 741. The van der Waals surface area contributed by atoms with Crippen LogP contribution in [-0.2, 0) is 4.74 Å². The van der Waals surface area contributed by atoms with Gasteiger partial charge in [0.25, 0.3) is 0 Å². The molecule has 4 heteroatoms. The molecule has 116 valence electrons. The number of hydrogen-bond donors (Lipinski definition) is 1. The zero-order chi connectivity index (χ0) is 15.6. The second kappa shape index (κ2) is 6.27. The molecule has 0 aliphatic carbocycles. The van der Waals surface area contributed by atoms with Gasteiger partial charge >= 0.3 is 0 Å². The van der Waals surface area contributed by atoms with E-state index in [0.29, 0.717) is 5.92 Å². The van der Waals surface area contributed by atoms with E-state index < -0.39 is 0 Å². The molecule has 2 aromatic rings. The van der Waals surface area contributed by atoms with Crippen molar-refractivity contribution in [1.29, 1.82) is 5.26 Å². The fourth-order valence-electron chi connectivity index (χ4n) is 3.76. The molecule has 3 atom stereocenters. The maximum Gasteiger partial charge on any atom is 0.138 e. The van der Waals surface area contributed by atoms with Crippen LogP contribution in [0.15, 0.2) is 53.4 Å². The Hall–Kier alpha value is -1.96. The normalized spacial score (nSPS) is 25.6. The van der Waals surface area contributed by atoms with Crippen LogP contribution in [0.4, 0.5) is 5.69 Å². The maximum absolute atomic E-state index is 8.91. The monoisotopic (exact) mass is 322 g/mol. The molecule has 0 radical (unpaired) electrons. The number of fused-ring (bicyclic) bond motifs is 3. The topological polar surface area (TPSA) is 45.0 Å². The van der Waals surface area contributed by atoms with Crippen LogP contribution in [0.3, 0.4) is 0 Å². The van der Waals surface area contributed by atoms with Crippen molar-refractivity contribution < 1.29 is 4.74 Å². The smallest absolute Gasteiger partial charge is 0.138 e. The van der Waals surface area contributed by atoms with Gasteiger partial charge in [0.2, 0.25) is 0 Å². The van der Waals surface area contributed by atoms with Crippen molar-refractivity contribution in [2.75, 3.05) is 11.9 Å². The van der Waals surface area contributed by atoms with Crippen LogP contribution in [-0.4, -0.2) is 6.61 Å². The first kappa shape index (κ1) is 14.6. The van der Waals surface area contributed by atoms with E-state index in [0.717, 1.165) is 30.0 Å². The third kappa shape index (κ3) is 2.71. The number of nitrogens with one attached hydrogen (secondary N) is 1. The largest absolute Gasteiger partial charge is 0.378 e. The number of hydrogen-bond acceptors (Lipinski definition) is 4. The molecule has 0 aromatic heterocycles. The van der Waals surface area contributed by atoms with Gasteiger partial charge in [0, 0.05) is 28.7 Å². The van der Waals surface area contributed by atoms with E-state index in [1.165, 1.54) is 22.9 Å². The molecule has 23 heavy (non-hydrogen) atoms. The molecule has 1 saturated heterocycles. The molecule has 0 amide bonds. The van der Waals surface area contributed by atoms with E-state index >= 15 is 0 Å². The molecule has 2 aliphatic heterocycles. The van der Waals surface area contributed by atoms with Crippen LogP contribution in [0, 0.1) is 16.6 Å². The van der Waals surface area contributed by atoms with Gasteiger partial charge in [-0.1, -0.05) is 30.3 Å². The van der Waals surface area contributed by atoms with Crippen molar-refractivity contribution in [2.45, 2.75) is 29.9 Å². The maximum atomic E-state index is 8.91. The molecule has 2 aromatic carbocycles. The number of rotatable bonds is 2. The van der Waals surface area contributed by atoms with Gasteiger partial charge in [-0.3, -0.25) is 0 Å². The van der Waals surface area contributed by atoms with Crippen LogP contribution in [0.1, 0.15) is 36.1 Å². The molecule has 0 saturated carbocycles. The fraction of sp³-hybridized carbons (Fsp3) is 0.316. The van der Waals surface area contributed by atoms with Crippen molar-refractivity contribution >= 4 is 17.4 Å². The van der Waals surface area contributed by atoms with Crippen molar-refractivity contribution in [1.82, 2.24) is 0 Å². The summed E-state index contributed by atoms with van der Waals surface area (Å²) in [6.07, 6.45) is 2.38. The first-order valence-corrected chi connectivity index (χ1v) is 8.81. The van der Waals surface area contributed by atoms with Gasteiger partial charge in [0.15, 0.2) is 0 Å². The van der Waals surface area contributed by atoms with Crippen LogP contribution >= 0.6 is 11.8 Å². The molecule has 4 rings (SSSR count). The Morgan fingerprint density at radius 3 is 2.87 bits per heavy atom. The Labute approximate surface area is 140 Å². The average Bonchev–Trinajstić information content (AvgIpc) is 2.62. The number of nitriles is 1. The third-order valence-electron chi connectivity index (χ3n) is 4.76. The van der Waals surface area contributed by atoms with Crippen molar-refractivity contribution in [2.24, 2.45) is 5.92 Å². The van der Waals surface area contributed by atoms with Crippen LogP contribution in [0.5, 0.6) is 0 Å². The summed E-state index contributed by atoms with van der Waals surface area (Å²) in [5.74, 6) is 0.431. The molecule has 3 unspecified atom stereocenters. The Morgan fingerprint density at radius 1 is 1.17 bits per heavy atom. The fourth-order valence-corrected chi connectivity index (χ4v) is 4.18. The summed E-state index contributed by atoms with van der Waals surface area (Å²) in [4.78, 5) is 0.985. The number of ether oxygens (including phenoxy) is 1. The van der Waals surface area contributed by atoms with Crippen LogP contribution in [0.25, 0.3) is 0 Å². The summed E-state index contributed by atoms with van der Waals surface area (Å²) < 4.78 is 6.16.